The van der Waals surface area contributed by atoms with Gasteiger partial charge >= 0.3 is 5.97 Å². The first-order valence-corrected chi connectivity index (χ1v) is 3.78. The standard InChI is InChI=1S/C8H17NO2.ClH/c1-6(9)5-7(10)11-8(2,3)4;/h6H,5,9H2,1-4H3;1H/t6-;/m0./s1. The second kappa shape index (κ2) is 5.38. The molecule has 0 aliphatic rings. The quantitative estimate of drug-likeness (QED) is 0.680. The van der Waals surface area contributed by atoms with Gasteiger partial charge in [0.2, 0.25) is 0 Å². The molecule has 0 aromatic rings. The van der Waals surface area contributed by atoms with Crippen molar-refractivity contribution in [1.29, 1.82) is 0 Å². The van der Waals surface area contributed by atoms with Crippen molar-refractivity contribution in [2.75, 3.05) is 0 Å². The lowest BCUT2D eigenvalue weighted by Crippen LogP contribution is -2.28. The Kier molecular flexibility index (Phi) is 6.39. The van der Waals surface area contributed by atoms with Crippen LogP contribution in [0.1, 0.15) is 34.1 Å². The molecule has 0 unspecified atom stereocenters. The Morgan fingerprint density at radius 2 is 1.92 bits per heavy atom. The molecular formula is C8H18ClNO2. The number of ether oxygens (including phenoxy) is 1. The van der Waals surface area contributed by atoms with E-state index >= 15 is 0 Å². The first-order chi connectivity index (χ1) is 4.81. The van der Waals surface area contributed by atoms with Gasteiger partial charge in [-0.05, 0) is 27.7 Å². The summed E-state index contributed by atoms with van der Waals surface area (Å²) in [6.45, 7) is 7.30. The van der Waals surface area contributed by atoms with Gasteiger partial charge < -0.3 is 10.5 Å². The molecule has 2 N–H and O–H groups in total. The van der Waals surface area contributed by atoms with Crippen LogP contribution in [0.25, 0.3) is 0 Å². The van der Waals surface area contributed by atoms with Crippen LogP contribution in [0.5, 0.6) is 0 Å². The molecule has 0 saturated carbocycles. The molecule has 0 aromatic carbocycles. The van der Waals surface area contributed by atoms with Crippen molar-refractivity contribution in [3.05, 3.63) is 0 Å². The predicted molar refractivity (Wildman–Crippen MR) is 51.4 cm³/mol. The number of hydrogen-bond donors (Lipinski definition) is 1. The van der Waals surface area contributed by atoms with E-state index in [2.05, 4.69) is 0 Å². The fraction of sp³-hybridized carbons (Fsp3) is 0.875. The van der Waals surface area contributed by atoms with Crippen molar-refractivity contribution in [1.82, 2.24) is 0 Å². The van der Waals surface area contributed by atoms with Crippen LogP contribution in [0.4, 0.5) is 0 Å². The summed E-state index contributed by atoms with van der Waals surface area (Å²) in [5, 5.41) is 0. The lowest BCUT2D eigenvalue weighted by atomic mass is 10.2. The Balaban J connectivity index is 0. The van der Waals surface area contributed by atoms with Gasteiger partial charge in [0.25, 0.3) is 0 Å². The number of rotatable bonds is 2. The highest BCUT2D eigenvalue weighted by atomic mass is 35.5. The van der Waals surface area contributed by atoms with Gasteiger partial charge in [0.15, 0.2) is 0 Å². The first kappa shape index (κ1) is 14.3. The molecule has 0 fully saturated rings. The molecule has 0 saturated heterocycles. The number of hydrogen-bond acceptors (Lipinski definition) is 3. The van der Waals surface area contributed by atoms with Crippen molar-refractivity contribution in [3.8, 4) is 0 Å². The molecule has 0 radical (unpaired) electrons. The van der Waals surface area contributed by atoms with E-state index in [1.54, 1.807) is 6.92 Å². The van der Waals surface area contributed by atoms with Gasteiger partial charge in [-0.2, -0.15) is 0 Å². The van der Waals surface area contributed by atoms with E-state index in [1.807, 2.05) is 20.8 Å². The molecule has 0 rings (SSSR count). The van der Waals surface area contributed by atoms with Crippen molar-refractivity contribution in [2.45, 2.75) is 45.8 Å². The van der Waals surface area contributed by atoms with Crippen molar-refractivity contribution in [2.24, 2.45) is 5.73 Å². The fourth-order valence-corrected chi connectivity index (χ4v) is 0.646. The van der Waals surface area contributed by atoms with Crippen LogP contribution in [-0.4, -0.2) is 17.6 Å². The zero-order valence-corrected chi connectivity index (χ0v) is 8.90. The second-order valence-electron chi connectivity index (χ2n) is 3.77. The maximum Gasteiger partial charge on any atom is 0.307 e. The molecule has 0 amide bonds. The van der Waals surface area contributed by atoms with Gasteiger partial charge in [-0.3, -0.25) is 4.79 Å². The average molecular weight is 196 g/mol. The molecule has 4 heteroatoms. The van der Waals surface area contributed by atoms with Gasteiger partial charge in [-0.1, -0.05) is 0 Å². The maximum atomic E-state index is 11.0. The number of carbonyl (C=O) groups excluding carboxylic acids is 1. The normalized spacial score (nSPS) is 13.1. The molecular weight excluding hydrogens is 178 g/mol. The Morgan fingerprint density at radius 3 is 2.17 bits per heavy atom. The summed E-state index contributed by atoms with van der Waals surface area (Å²) >= 11 is 0. The van der Waals surface area contributed by atoms with Gasteiger partial charge in [0, 0.05) is 6.04 Å². The smallest absolute Gasteiger partial charge is 0.307 e. The Morgan fingerprint density at radius 1 is 1.50 bits per heavy atom. The zero-order chi connectivity index (χ0) is 9.07. The summed E-state index contributed by atoms with van der Waals surface area (Å²) in [6.07, 6.45) is 0.289. The molecule has 74 valence electrons. The van der Waals surface area contributed by atoms with Crippen LogP contribution in [0.3, 0.4) is 0 Å². The van der Waals surface area contributed by atoms with Crippen LogP contribution >= 0.6 is 12.4 Å². The Bertz CT molecular complexity index is 140. The van der Waals surface area contributed by atoms with E-state index in [9.17, 15) is 4.79 Å². The average Bonchev–Trinajstić information content (AvgIpc) is 1.53. The van der Waals surface area contributed by atoms with Crippen LogP contribution in [0.2, 0.25) is 0 Å². The minimum absolute atomic E-state index is 0. The third kappa shape index (κ3) is 9.72. The van der Waals surface area contributed by atoms with Gasteiger partial charge in [0.05, 0.1) is 6.42 Å². The topological polar surface area (TPSA) is 52.3 Å². The van der Waals surface area contributed by atoms with E-state index in [-0.39, 0.29) is 30.8 Å². The highest BCUT2D eigenvalue weighted by Gasteiger charge is 2.16. The third-order valence-electron chi connectivity index (χ3n) is 0.909. The Labute approximate surface area is 80.1 Å². The molecule has 1 atom stereocenters. The van der Waals surface area contributed by atoms with Crippen molar-refractivity contribution < 1.29 is 9.53 Å². The molecule has 12 heavy (non-hydrogen) atoms. The minimum atomic E-state index is -0.397. The number of halogens is 1. The first-order valence-electron chi connectivity index (χ1n) is 3.78. The zero-order valence-electron chi connectivity index (χ0n) is 8.09. The van der Waals surface area contributed by atoms with Gasteiger partial charge in [0.1, 0.15) is 5.60 Å². The lowest BCUT2D eigenvalue weighted by molar-refractivity contribution is -0.155. The lowest BCUT2D eigenvalue weighted by Gasteiger charge is -2.19. The Hall–Kier alpha value is -0.280. The summed E-state index contributed by atoms with van der Waals surface area (Å²) in [5.74, 6) is -0.229. The number of carbonyl (C=O) groups is 1. The highest BCUT2D eigenvalue weighted by molar-refractivity contribution is 5.85. The van der Waals surface area contributed by atoms with Crippen LogP contribution in [-0.2, 0) is 9.53 Å². The molecule has 0 aliphatic carbocycles. The van der Waals surface area contributed by atoms with Crippen LogP contribution in [0.15, 0.2) is 0 Å². The summed E-state index contributed by atoms with van der Waals surface area (Å²) in [7, 11) is 0. The number of nitrogens with two attached hydrogens (primary N) is 1. The minimum Gasteiger partial charge on any atom is -0.460 e. The monoisotopic (exact) mass is 195 g/mol. The summed E-state index contributed by atoms with van der Waals surface area (Å²) in [5.41, 5.74) is 5.01. The SMILES string of the molecule is C[C@H](N)CC(=O)OC(C)(C)C.Cl. The maximum absolute atomic E-state index is 11.0. The molecule has 0 aliphatic heterocycles. The predicted octanol–water partition coefficient (Wildman–Crippen LogP) is 1.49. The largest absolute Gasteiger partial charge is 0.460 e. The fourth-order valence-electron chi connectivity index (χ4n) is 0.646. The van der Waals surface area contributed by atoms with Crippen molar-refractivity contribution >= 4 is 18.4 Å². The van der Waals surface area contributed by atoms with E-state index < -0.39 is 5.60 Å². The van der Waals surface area contributed by atoms with Gasteiger partial charge in [-0.15, -0.1) is 12.4 Å². The third-order valence-corrected chi connectivity index (χ3v) is 0.909. The molecule has 3 nitrogen and oxygen atoms in total. The molecule has 0 bridgehead atoms. The number of esters is 1. The molecule has 0 heterocycles. The summed E-state index contributed by atoms with van der Waals surface area (Å²) < 4.78 is 5.03. The second-order valence-corrected chi connectivity index (χ2v) is 3.77. The van der Waals surface area contributed by atoms with Crippen LogP contribution < -0.4 is 5.73 Å². The van der Waals surface area contributed by atoms with E-state index in [4.69, 9.17) is 10.5 Å². The van der Waals surface area contributed by atoms with E-state index in [1.165, 1.54) is 0 Å². The van der Waals surface area contributed by atoms with Gasteiger partial charge in [-0.25, -0.2) is 0 Å². The summed E-state index contributed by atoms with van der Waals surface area (Å²) in [6, 6.07) is -0.121. The van der Waals surface area contributed by atoms with E-state index in [0.29, 0.717) is 0 Å². The molecule has 0 spiro atoms. The van der Waals surface area contributed by atoms with Crippen molar-refractivity contribution in [3.63, 3.8) is 0 Å². The van der Waals surface area contributed by atoms with E-state index in [0.717, 1.165) is 0 Å². The summed E-state index contributed by atoms with van der Waals surface area (Å²) in [4.78, 5) is 11.0. The molecule has 0 aromatic heterocycles. The van der Waals surface area contributed by atoms with Crippen LogP contribution in [0, 0.1) is 0 Å². The highest BCUT2D eigenvalue weighted by Crippen LogP contribution is 2.08.